The van der Waals surface area contributed by atoms with Crippen molar-refractivity contribution in [3.05, 3.63) is 71.4 Å². The van der Waals surface area contributed by atoms with E-state index in [1.807, 2.05) is 26.0 Å². The Hall–Kier alpha value is -3.27. The molecule has 0 aliphatic heterocycles. The molecule has 2 aromatic carbocycles. The van der Waals surface area contributed by atoms with Gasteiger partial charge in [0, 0.05) is 17.6 Å². The zero-order valence-electron chi connectivity index (χ0n) is 14.8. The number of amides is 1. The predicted molar refractivity (Wildman–Crippen MR) is 97.9 cm³/mol. The van der Waals surface area contributed by atoms with Gasteiger partial charge in [-0.25, -0.2) is 0 Å². The van der Waals surface area contributed by atoms with Crippen LogP contribution in [0.5, 0.6) is 0 Å². The van der Waals surface area contributed by atoms with Gasteiger partial charge in [-0.2, -0.15) is 18.4 Å². The summed E-state index contributed by atoms with van der Waals surface area (Å²) in [6, 6.07) is 13.3. The fourth-order valence-electron chi connectivity index (χ4n) is 2.36. The van der Waals surface area contributed by atoms with Crippen molar-refractivity contribution in [3.63, 3.8) is 0 Å². The van der Waals surface area contributed by atoms with Crippen LogP contribution in [0.25, 0.3) is 0 Å². The van der Waals surface area contributed by atoms with E-state index < -0.39 is 17.6 Å². The lowest BCUT2D eigenvalue weighted by molar-refractivity contribution is -0.137. The number of hydrogen-bond donors (Lipinski definition) is 2. The van der Waals surface area contributed by atoms with Gasteiger partial charge in [-0.1, -0.05) is 32.0 Å². The quantitative estimate of drug-likeness (QED) is 0.553. The first-order chi connectivity index (χ1) is 12.7. The van der Waals surface area contributed by atoms with Gasteiger partial charge in [0.15, 0.2) is 0 Å². The van der Waals surface area contributed by atoms with Crippen molar-refractivity contribution in [3.8, 4) is 6.07 Å². The maximum Gasteiger partial charge on any atom is 0.416 e. The molecule has 2 rings (SSSR count). The molecule has 1 amide bonds. The van der Waals surface area contributed by atoms with Gasteiger partial charge in [-0.05, 0) is 41.8 Å². The molecule has 2 N–H and O–H groups in total. The van der Waals surface area contributed by atoms with Crippen LogP contribution in [0.4, 0.5) is 24.5 Å². The van der Waals surface area contributed by atoms with E-state index in [-0.39, 0.29) is 11.5 Å². The lowest BCUT2D eigenvalue weighted by atomic mass is 10.0. The predicted octanol–water partition coefficient (Wildman–Crippen LogP) is 5.29. The first kappa shape index (κ1) is 20.0. The molecule has 2 aromatic rings. The highest BCUT2D eigenvalue weighted by Gasteiger charge is 2.29. The maximum absolute atomic E-state index is 12.6. The molecule has 0 aromatic heterocycles. The Morgan fingerprint density at radius 3 is 2.30 bits per heavy atom. The zero-order chi connectivity index (χ0) is 20.0. The minimum absolute atomic E-state index is 0.182. The highest BCUT2D eigenvalue weighted by atomic mass is 19.4. The molecule has 0 radical (unpaired) electrons. The Balaban J connectivity index is 2.12. The minimum atomic E-state index is -4.42. The van der Waals surface area contributed by atoms with Gasteiger partial charge < -0.3 is 10.6 Å². The Bertz CT molecular complexity index is 879. The van der Waals surface area contributed by atoms with Crippen LogP contribution in [0.2, 0.25) is 0 Å². The third kappa shape index (κ3) is 5.35. The standard InChI is InChI=1S/C20H18F3N3O/c1-13(2)17-5-3-4-6-18(17)26-19(27)14(11-24)12-25-16-9-7-15(8-10-16)20(21,22)23/h3-10,12-13,25H,1-2H3,(H,26,27)/b14-12-. The Labute approximate surface area is 155 Å². The van der Waals surface area contributed by atoms with Gasteiger partial charge in [-0.15, -0.1) is 0 Å². The average Bonchev–Trinajstić information content (AvgIpc) is 2.62. The molecule has 0 aliphatic rings. The summed E-state index contributed by atoms with van der Waals surface area (Å²) in [6.45, 7) is 3.97. The van der Waals surface area contributed by atoms with E-state index in [9.17, 15) is 23.2 Å². The number of nitriles is 1. The number of anilines is 2. The first-order valence-corrected chi connectivity index (χ1v) is 8.16. The van der Waals surface area contributed by atoms with E-state index in [1.165, 1.54) is 12.1 Å². The van der Waals surface area contributed by atoms with E-state index in [0.717, 1.165) is 23.9 Å². The molecule has 0 fully saturated rings. The average molecular weight is 373 g/mol. The molecule has 0 unspecified atom stereocenters. The molecule has 0 spiro atoms. The molecule has 27 heavy (non-hydrogen) atoms. The van der Waals surface area contributed by atoms with Gasteiger partial charge in [-0.3, -0.25) is 4.79 Å². The van der Waals surface area contributed by atoms with Gasteiger partial charge in [0.05, 0.1) is 5.56 Å². The summed E-state index contributed by atoms with van der Waals surface area (Å²) >= 11 is 0. The van der Waals surface area contributed by atoms with Gasteiger partial charge in [0.1, 0.15) is 11.6 Å². The number of carbonyl (C=O) groups excluding carboxylic acids is 1. The molecule has 0 aliphatic carbocycles. The third-order valence-electron chi connectivity index (χ3n) is 3.79. The molecule has 0 saturated heterocycles. The van der Waals surface area contributed by atoms with Gasteiger partial charge in [0.2, 0.25) is 0 Å². The second-order valence-electron chi connectivity index (χ2n) is 6.09. The fraction of sp³-hybridized carbons (Fsp3) is 0.200. The summed E-state index contributed by atoms with van der Waals surface area (Å²) < 4.78 is 37.7. The van der Waals surface area contributed by atoms with Crippen molar-refractivity contribution in [1.29, 1.82) is 5.26 Å². The monoisotopic (exact) mass is 373 g/mol. The molecule has 4 nitrogen and oxygen atoms in total. The second kappa shape index (κ2) is 8.41. The number of hydrogen-bond acceptors (Lipinski definition) is 3. The molecule has 0 bridgehead atoms. The lowest BCUT2D eigenvalue weighted by Crippen LogP contribution is -2.16. The smallest absolute Gasteiger partial charge is 0.360 e. The van der Waals surface area contributed by atoms with Crippen molar-refractivity contribution in [2.75, 3.05) is 10.6 Å². The molecule has 140 valence electrons. The van der Waals surface area contributed by atoms with Crippen molar-refractivity contribution in [1.82, 2.24) is 0 Å². The summed E-state index contributed by atoms with van der Waals surface area (Å²) in [4.78, 5) is 12.3. The van der Waals surface area contributed by atoms with Crippen LogP contribution in [-0.4, -0.2) is 5.91 Å². The molecular weight excluding hydrogens is 355 g/mol. The number of rotatable bonds is 5. The van der Waals surface area contributed by atoms with Crippen LogP contribution in [0.15, 0.2) is 60.3 Å². The Morgan fingerprint density at radius 2 is 1.74 bits per heavy atom. The fourth-order valence-corrected chi connectivity index (χ4v) is 2.36. The van der Waals surface area contributed by atoms with Crippen molar-refractivity contribution in [2.24, 2.45) is 0 Å². The van der Waals surface area contributed by atoms with E-state index in [0.29, 0.717) is 11.4 Å². The van der Waals surface area contributed by atoms with E-state index in [4.69, 9.17) is 0 Å². The maximum atomic E-state index is 12.6. The summed E-state index contributed by atoms with van der Waals surface area (Å²) in [5.41, 5.74) is 0.882. The van der Waals surface area contributed by atoms with Crippen molar-refractivity contribution in [2.45, 2.75) is 25.9 Å². The largest absolute Gasteiger partial charge is 0.416 e. The number of carbonyl (C=O) groups is 1. The van der Waals surface area contributed by atoms with Crippen LogP contribution in [0, 0.1) is 11.3 Å². The molecule has 0 saturated carbocycles. The first-order valence-electron chi connectivity index (χ1n) is 8.16. The Kier molecular flexibility index (Phi) is 6.24. The number of alkyl halides is 3. The summed E-state index contributed by atoms with van der Waals surface area (Å²) in [5, 5.41) is 14.6. The number of halogens is 3. The Morgan fingerprint density at radius 1 is 1.11 bits per heavy atom. The third-order valence-corrected chi connectivity index (χ3v) is 3.79. The number of benzene rings is 2. The molecule has 0 atom stereocenters. The number of nitrogens with one attached hydrogen (secondary N) is 2. The van der Waals surface area contributed by atoms with E-state index >= 15 is 0 Å². The topological polar surface area (TPSA) is 64.9 Å². The minimum Gasteiger partial charge on any atom is -0.360 e. The van der Waals surface area contributed by atoms with Crippen LogP contribution in [-0.2, 0) is 11.0 Å². The second-order valence-corrected chi connectivity index (χ2v) is 6.09. The van der Waals surface area contributed by atoms with E-state index in [2.05, 4.69) is 10.6 Å². The van der Waals surface area contributed by atoms with Crippen LogP contribution in [0.1, 0.15) is 30.9 Å². The van der Waals surface area contributed by atoms with Crippen LogP contribution >= 0.6 is 0 Å². The van der Waals surface area contributed by atoms with Gasteiger partial charge in [0.25, 0.3) is 5.91 Å². The van der Waals surface area contributed by atoms with E-state index in [1.54, 1.807) is 18.2 Å². The number of para-hydroxylation sites is 1. The summed E-state index contributed by atoms with van der Waals surface area (Å²) in [7, 11) is 0. The molecular formula is C20H18F3N3O. The molecule has 0 heterocycles. The normalized spacial score (nSPS) is 11.8. The highest BCUT2D eigenvalue weighted by Crippen LogP contribution is 2.30. The van der Waals surface area contributed by atoms with Gasteiger partial charge >= 0.3 is 6.18 Å². The summed E-state index contributed by atoms with van der Waals surface area (Å²) in [5.74, 6) is -0.425. The lowest BCUT2D eigenvalue weighted by Gasteiger charge is -2.13. The van der Waals surface area contributed by atoms with Crippen molar-refractivity contribution >= 4 is 17.3 Å². The molecule has 7 heteroatoms. The zero-order valence-corrected chi connectivity index (χ0v) is 14.8. The van der Waals surface area contributed by atoms with Crippen LogP contribution < -0.4 is 10.6 Å². The highest BCUT2D eigenvalue weighted by molar-refractivity contribution is 6.07. The van der Waals surface area contributed by atoms with Crippen molar-refractivity contribution < 1.29 is 18.0 Å². The SMILES string of the molecule is CC(C)c1ccccc1NC(=O)/C(C#N)=C\Nc1ccc(C(F)(F)F)cc1. The summed E-state index contributed by atoms with van der Waals surface area (Å²) in [6.07, 6.45) is -3.26. The number of nitrogens with zero attached hydrogens (tertiary/aromatic N) is 1. The van der Waals surface area contributed by atoms with Crippen LogP contribution in [0.3, 0.4) is 0 Å².